The molecule has 0 radical (unpaired) electrons. The van der Waals surface area contributed by atoms with Crippen LogP contribution in [0.3, 0.4) is 0 Å². The Hall–Kier alpha value is -4.43. The summed E-state index contributed by atoms with van der Waals surface area (Å²) in [5.41, 5.74) is 3.67. The lowest BCUT2D eigenvalue weighted by Crippen LogP contribution is -2.57. The molecule has 0 N–H and O–H groups in total. The van der Waals surface area contributed by atoms with Crippen molar-refractivity contribution in [2.24, 2.45) is 0 Å². The standard InChI is InChI=1S/C35H38N2O5S/c1-5-42-35(40)31(23-18-27-13-8-6-9-14-27)37(32-17-12-24-43-32)25(2)33(38)36(26(3)34(39)41-4)30-21-19-29(20-22-30)28-15-10-7-11-16-28/h6-17,19-22,24-26,31H,5,18,23H2,1-4H3/t25-,26-,31-/m0/s1. The van der Waals surface area contributed by atoms with Crippen LogP contribution in [0.1, 0.15) is 32.8 Å². The predicted molar refractivity (Wildman–Crippen MR) is 172 cm³/mol. The Morgan fingerprint density at radius 1 is 0.767 bits per heavy atom. The summed E-state index contributed by atoms with van der Waals surface area (Å²) in [4.78, 5) is 44.1. The Morgan fingerprint density at radius 2 is 1.40 bits per heavy atom. The van der Waals surface area contributed by atoms with Gasteiger partial charge in [0.25, 0.3) is 0 Å². The van der Waals surface area contributed by atoms with Gasteiger partial charge in [0.15, 0.2) is 0 Å². The van der Waals surface area contributed by atoms with Crippen molar-refractivity contribution in [2.75, 3.05) is 23.5 Å². The lowest BCUT2D eigenvalue weighted by molar-refractivity contribution is -0.145. The van der Waals surface area contributed by atoms with E-state index in [9.17, 15) is 14.4 Å². The highest BCUT2D eigenvalue weighted by molar-refractivity contribution is 7.14. The molecule has 43 heavy (non-hydrogen) atoms. The molecule has 3 aromatic carbocycles. The molecule has 3 atom stereocenters. The summed E-state index contributed by atoms with van der Waals surface area (Å²) >= 11 is 1.44. The van der Waals surface area contributed by atoms with Gasteiger partial charge in [-0.2, -0.15) is 0 Å². The third kappa shape index (κ3) is 7.70. The number of carbonyl (C=O) groups excluding carboxylic acids is 3. The van der Waals surface area contributed by atoms with Gasteiger partial charge in [0.2, 0.25) is 5.91 Å². The van der Waals surface area contributed by atoms with Crippen LogP contribution < -0.4 is 9.80 Å². The monoisotopic (exact) mass is 598 g/mol. The van der Waals surface area contributed by atoms with Crippen molar-refractivity contribution >= 4 is 39.9 Å². The van der Waals surface area contributed by atoms with E-state index in [-0.39, 0.29) is 12.5 Å². The number of esters is 2. The molecule has 7 nitrogen and oxygen atoms in total. The fourth-order valence-corrected chi connectivity index (χ4v) is 6.03. The molecule has 0 unspecified atom stereocenters. The van der Waals surface area contributed by atoms with E-state index in [0.29, 0.717) is 18.5 Å². The predicted octanol–water partition coefficient (Wildman–Crippen LogP) is 6.77. The summed E-state index contributed by atoms with van der Waals surface area (Å²) in [7, 11) is 1.31. The van der Waals surface area contributed by atoms with Crippen molar-refractivity contribution in [3.63, 3.8) is 0 Å². The molecule has 224 valence electrons. The Labute approximate surface area is 257 Å². The van der Waals surface area contributed by atoms with E-state index in [2.05, 4.69) is 0 Å². The number of hydrogen-bond acceptors (Lipinski definition) is 7. The van der Waals surface area contributed by atoms with Gasteiger partial charge in [0.05, 0.1) is 18.7 Å². The van der Waals surface area contributed by atoms with Crippen LogP contribution in [0, 0.1) is 0 Å². The molecule has 0 spiro atoms. The first-order chi connectivity index (χ1) is 20.8. The van der Waals surface area contributed by atoms with Crippen LogP contribution in [0.2, 0.25) is 0 Å². The number of ether oxygens (including phenoxy) is 2. The topological polar surface area (TPSA) is 76.2 Å². The highest BCUT2D eigenvalue weighted by Crippen LogP contribution is 2.31. The fraction of sp³-hybridized carbons (Fsp3) is 0.286. The minimum atomic E-state index is -0.905. The number of aryl methyl sites for hydroxylation is 1. The largest absolute Gasteiger partial charge is 0.467 e. The molecule has 4 rings (SSSR count). The molecular formula is C35H38N2O5S. The Bertz CT molecular complexity index is 1460. The maximum atomic E-state index is 14.5. The van der Waals surface area contributed by atoms with E-state index < -0.39 is 30.1 Å². The van der Waals surface area contributed by atoms with E-state index in [0.717, 1.165) is 21.7 Å². The number of benzene rings is 3. The molecule has 0 bridgehead atoms. The van der Waals surface area contributed by atoms with E-state index in [4.69, 9.17) is 9.47 Å². The molecule has 1 aromatic heterocycles. The molecule has 8 heteroatoms. The zero-order valence-electron chi connectivity index (χ0n) is 25.0. The molecule has 1 amide bonds. The minimum absolute atomic E-state index is 0.223. The van der Waals surface area contributed by atoms with Gasteiger partial charge < -0.3 is 14.4 Å². The maximum absolute atomic E-state index is 14.5. The zero-order valence-corrected chi connectivity index (χ0v) is 25.8. The number of nitrogens with zero attached hydrogens (tertiary/aromatic N) is 2. The maximum Gasteiger partial charge on any atom is 0.328 e. The van der Waals surface area contributed by atoms with Gasteiger partial charge >= 0.3 is 11.9 Å². The molecule has 1 heterocycles. The van der Waals surface area contributed by atoms with Crippen LogP contribution in [0.4, 0.5) is 10.7 Å². The average Bonchev–Trinajstić information content (AvgIpc) is 3.58. The molecule has 0 saturated carbocycles. The summed E-state index contributed by atoms with van der Waals surface area (Å²) in [5.74, 6) is -1.28. The molecular weight excluding hydrogens is 560 g/mol. The molecule has 0 aliphatic carbocycles. The SMILES string of the molecule is CCOC(=O)[C@H](CCc1ccccc1)N(c1cccs1)[C@@H](C)C(=O)N(c1ccc(-c2ccccc2)cc1)[C@@H](C)C(=O)OC. The smallest absolute Gasteiger partial charge is 0.328 e. The summed E-state index contributed by atoms with van der Waals surface area (Å²) in [6.07, 6.45) is 1.06. The number of hydrogen-bond donors (Lipinski definition) is 0. The van der Waals surface area contributed by atoms with E-state index in [1.165, 1.54) is 23.3 Å². The van der Waals surface area contributed by atoms with Crippen molar-refractivity contribution in [1.29, 1.82) is 0 Å². The van der Waals surface area contributed by atoms with E-state index in [1.807, 2.05) is 107 Å². The van der Waals surface area contributed by atoms with Crippen LogP contribution in [-0.4, -0.2) is 49.7 Å². The van der Waals surface area contributed by atoms with Gasteiger partial charge in [-0.15, -0.1) is 11.3 Å². The van der Waals surface area contributed by atoms with Crippen molar-refractivity contribution < 1.29 is 23.9 Å². The summed E-state index contributed by atoms with van der Waals surface area (Å²) in [6, 6.07) is 28.7. The second kappa shape index (κ2) is 15.2. The van der Waals surface area contributed by atoms with E-state index >= 15 is 0 Å². The third-order valence-electron chi connectivity index (χ3n) is 7.40. The van der Waals surface area contributed by atoms with Crippen LogP contribution in [0.25, 0.3) is 11.1 Å². The van der Waals surface area contributed by atoms with Crippen molar-refractivity contribution in [3.8, 4) is 11.1 Å². The number of thiophene rings is 1. The number of anilines is 2. The van der Waals surface area contributed by atoms with Gasteiger partial charge in [-0.25, -0.2) is 9.59 Å². The first kappa shape index (κ1) is 31.5. The quantitative estimate of drug-likeness (QED) is 0.158. The normalized spacial score (nSPS) is 12.9. The Kier molecular flexibility index (Phi) is 11.1. The van der Waals surface area contributed by atoms with Gasteiger partial charge in [0.1, 0.15) is 18.1 Å². The van der Waals surface area contributed by atoms with Crippen molar-refractivity contribution in [3.05, 3.63) is 108 Å². The minimum Gasteiger partial charge on any atom is -0.467 e. The number of rotatable bonds is 13. The fourth-order valence-electron chi connectivity index (χ4n) is 5.17. The van der Waals surface area contributed by atoms with Crippen LogP contribution in [0.5, 0.6) is 0 Å². The van der Waals surface area contributed by atoms with Crippen molar-refractivity contribution in [1.82, 2.24) is 0 Å². The average molecular weight is 599 g/mol. The Morgan fingerprint density at radius 3 is 1.98 bits per heavy atom. The highest BCUT2D eigenvalue weighted by atomic mass is 32.1. The lowest BCUT2D eigenvalue weighted by atomic mass is 10.0. The number of methoxy groups -OCH3 is 1. The van der Waals surface area contributed by atoms with E-state index in [1.54, 1.807) is 20.8 Å². The first-order valence-corrected chi connectivity index (χ1v) is 15.3. The molecule has 0 aliphatic rings. The van der Waals surface area contributed by atoms with Crippen LogP contribution >= 0.6 is 11.3 Å². The van der Waals surface area contributed by atoms with Gasteiger partial charge in [-0.3, -0.25) is 9.69 Å². The second-order valence-electron chi connectivity index (χ2n) is 10.1. The summed E-state index contributed by atoms with van der Waals surface area (Å²) in [5, 5.41) is 2.67. The van der Waals surface area contributed by atoms with Crippen molar-refractivity contribution in [2.45, 2.75) is 51.7 Å². The highest BCUT2D eigenvalue weighted by Gasteiger charge is 2.39. The Balaban J connectivity index is 1.72. The summed E-state index contributed by atoms with van der Waals surface area (Å²) in [6.45, 7) is 5.41. The molecule has 0 aliphatic heterocycles. The zero-order chi connectivity index (χ0) is 30.8. The van der Waals surface area contributed by atoms with Gasteiger partial charge in [-0.1, -0.05) is 72.8 Å². The van der Waals surface area contributed by atoms with Crippen LogP contribution in [0.15, 0.2) is 102 Å². The number of carbonyl (C=O) groups is 3. The molecule has 4 aromatic rings. The number of amides is 1. The first-order valence-electron chi connectivity index (χ1n) is 14.4. The van der Waals surface area contributed by atoms with Gasteiger partial charge in [0, 0.05) is 5.69 Å². The van der Waals surface area contributed by atoms with Crippen LogP contribution in [-0.2, 0) is 30.3 Å². The lowest BCUT2D eigenvalue weighted by Gasteiger charge is -2.38. The molecule has 0 fully saturated rings. The van der Waals surface area contributed by atoms with Gasteiger partial charge in [-0.05, 0) is 79.9 Å². The molecule has 0 saturated heterocycles. The third-order valence-corrected chi connectivity index (χ3v) is 8.28. The summed E-state index contributed by atoms with van der Waals surface area (Å²) < 4.78 is 10.6. The second-order valence-corrected chi connectivity index (χ2v) is 11.1.